The Kier molecular flexibility index (Phi) is 4.48. The minimum absolute atomic E-state index is 0.0514. The monoisotopic (exact) mass is 318 g/mol. The van der Waals surface area contributed by atoms with Gasteiger partial charge in [-0.25, -0.2) is 26.7 Å². The van der Waals surface area contributed by atoms with Crippen molar-refractivity contribution in [1.29, 1.82) is 0 Å². The van der Waals surface area contributed by atoms with Crippen LogP contribution in [0.1, 0.15) is 24.0 Å². The summed E-state index contributed by atoms with van der Waals surface area (Å²) in [6.07, 6.45) is 3.12. The molecule has 1 aliphatic rings. The van der Waals surface area contributed by atoms with Gasteiger partial charge in [0.25, 0.3) is 0 Å². The molecule has 20 heavy (non-hydrogen) atoms. The summed E-state index contributed by atoms with van der Waals surface area (Å²) >= 11 is 0. The van der Waals surface area contributed by atoms with Crippen molar-refractivity contribution in [3.05, 3.63) is 29.3 Å². The summed E-state index contributed by atoms with van der Waals surface area (Å²) in [6, 6.07) is 5.14. The number of rotatable bonds is 6. The molecule has 0 unspecified atom stereocenters. The maximum Gasteiger partial charge on any atom is 0.240 e. The first-order chi connectivity index (χ1) is 9.28. The summed E-state index contributed by atoms with van der Waals surface area (Å²) in [4.78, 5) is 0.230. The van der Waals surface area contributed by atoms with Crippen LogP contribution in [0.2, 0.25) is 0 Å². The molecule has 1 aliphatic carbocycles. The minimum atomic E-state index is -3.59. The van der Waals surface area contributed by atoms with Crippen molar-refractivity contribution in [3.8, 4) is 0 Å². The highest BCUT2D eigenvalue weighted by Crippen LogP contribution is 2.24. The smallest absolute Gasteiger partial charge is 0.229 e. The Morgan fingerprint density at radius 1 is 1.10 bits per heavy atom. The van der Waals surface area contributed by atoms with E-state index in [4.69, 9.17) is 5.14 Å². The SMILES string of the molecule is NS(=O)(=O)CCCNS(=O)(=O)c1ccc2c(c1)CCC2. The lowest BCUT2D eigenvalue weighted by Gasteiger charge is -2.08. The number of aryl methyl sites for hydroxylation is 2. The molecular formula is C12H18N2O4S2. The fourth-order valence-electron chi connectivity index (χ4n) is 2.28. The van der Waals surface area contributed by atoms with Crippen LogP contribution in [0.5, 0.6) is 0 Å². The molecule has 0 fully saturated rings. The number of nitrogens with one attached hydrogen (secondary N) is 1. The van der Waals surface area contributed by atoms with Crippen LogP contribution in [0.4, 0.5) is 0 Å². The maximum absolute atomic E-state index is 12.1. The molecule has 0 saturated carbocycles. The molecule has 1 aromatic carbocycles. The van der Waals surface area contributed by atoms with Crippen molar-refractivity contribution in [2.45, 2.75) is 30.6 Å². The van der Waals surface area contributed by atoms with Crippen LogP contribution >= 0.6 is 0 Å². The van der Waals surface area contributed by atoms with Gasteiger partial charge in [-0.05, 0) is 48.9 Å². The summed E-state index contributed by atoms with van der Waals surface area (Å²) in [5, 5.41) is 4.85. The van der Waals surface area contributed by atoms with Crippen LogP contribution in [0.15, 0.2) is 23.1 Å². The molecule has 0 bridgehead atoms. The van der Waals surface area contributed by atoms with Gasteiger partial charge in [-0.1, -0.05) is 6.07 Å². The molecular weight excluding hydrogens is 300 g/mol. The molecule has 1 aromatic rings. The predicted molar refractivity (Wildman–Crippen MR) is 76.2 cm³/mol. The summed E-state index contributed by atoms with van der Waals surface area (Å²) in [6.45, 7) is 0.0514. The molecule has 3 N–H and O–H groups in total. The Hall–Kier alpha value is -0.960. The molecule has 0 saturated heterocycles. The number of sulfonamides is 2. The number of primary sulfonamides is 1. The third kappa shape index (κ3) is 4.02. The highest BCUT2D eigenvalue weighted by molar-refractivity contribution is 7.89. The molecule has 0 radical (unpaired) electrons. The highest BCUT2D eigenvalue weighted by atomic mass is 32.2. The normalized spacial score (nSPS) is 15.2. The zero-order valence-electron chi connectivity index (χ0n) is 11.0. The van der Waals surface area contributed by atoms with Gasteiger partial charge in [0, 0.05) is 6.54 Å². The lowest BCUT2D eigenvalue weighted by molar-refractivity contribution is 0.576. The van der Waals surface area contributed by atoms with Gasteiger partial charge < -0.3 is 0 Å². The number of benzene rings is 1. The van der Waals surface area contributed by atoms with Crippen LogP contribution in [0, 0.1) is 0 Å². The van der Waals surface area contributed by atoms with Crippen molar-refractivity contribution in [3.63, 3.8) is 0 Å². The third-order valence-electron chi connectivity index (χ3n) is 3.28. The summed E-state index contributed by atoms with van der Waals surface area (Å²) in [5.74, 6) is -0.236. The summed E-state index contributed by atoms with van der Waals surface area (Å²) < 4.78 is 48.0. The van der Waals surface area contributed by atoms with Crippen LogP contribution in [0.3, 0.4) is 0 Å². The summed E-state index contributed by atoms with van der Waals surface area (Å²) in [5.41, 5.74) is 2.29. The van der Waals surface area contributed by atoms with Gasteiger partial charge in [0.2, 0.25) is 20.0 Å². The Labute approximate surface area is 119 Å². The van der Waals surface area contributed by atoms with E-state index in [0.717, 1.165) is 24.8 Å². The van der Waals surface area contributed by atoms with Crippen LogP contribution in [-0.2, 0) is 32.9 Å². The minimum Gasteiger partial charge on any atom is -0.229 e. The second kappa shape index (κ2) is 5.80. The van der Waals surface area contributed by atoms with E-state index in [1.165, 1.54) is 5.56 Å². The van der Waals surface area contributed by atoms with Gasteiger partial charge in [0.05, 0.1) is 10.6 Å². The average Bonchev–Trinajstić information content (AvgIpc) is 2.80. The molecule has 0 aromatic heterocycles. The first-order valence-electron chi connectivity index (χ1n) is 6.40. The van der Waals surface area contributed by atoms with Crippen LogP contribution < -0.4 is 9.86 Å². The van der Waals surface area contributed by atoms with Gasteiger partial charge in [-0.2, -0.15) is 0 Å². The summed E-state index contributed by atoms with van der Waals surface area (Å²) in [7, 11) is -7.13. The zero-order chi connectivity index (χ0) is 14.8. The lowest BCUT2D eigenvalue weighted by atomic mass is 10.1. The Morgan fingerprint density at radius 3 is 2.50 bits per heavy atom. The van der Waals surface area contributed by atoms with E-state index in [9.17, 15) is 16.8 Å². The van der Waals surface area contributed by atoms with Crippen LogP contribution in [-0.4, -0.2) is 29.1 Å². The van der Waals surface area contributed by atoms with E-state index in [2.05, 4.69) is 4.72 Å². The molecule has 0 amide bonds. The molecule has 0 atom stereocenters. The molecule has 0 spiro atoms. The van der Waals surface area contributed by atoms with Gasteiger partial charge in [0.1, 0.15) is 0 Å². The Bertz CT molecular complexity index is 696. The van der Waals surface area contributed by atoms with Crippen molar-refractivity contribution in [2.24, 2.45) is 5.14 Å². The van der Waals surface area contributed by atoms with E-state index in [1.807, 2.05) is 6.07 Å². The largest absolute Gasteiger partial charge is 0.240 e. The number of hydrogen-bond acceptors (Lipinski definition) is 4. The van der Waals surface area contributed by atoms with E-state index < -0.39 is 20.0 Å². The number of fused-ring (bicyclic) bond motifs is 1. The van der Waals surface area contributed by atoms with Gasteiger partial charge in [-0.15, -0.1) is 0 Å². The Morgan fingerprint density at radius 2 is 1.80 bits per heavy atom. The van der Waals surface area contributed by atoms with E-state index >= 15 is 0 Å². The van der Waals surface area contributed by atoms with Crippen molar-refractivity contribution >= 4 is 20.0 Å². The van der Waals surface area contributed by atoms with E-state index in [-0.39, 0.29) is 23.6 Å². The second-order valence-electron chi connectivity index (χ2n) is 4.90. The molecule has 8 heteroatoms. The highest BCUT2D eigenvalue weighted by Gasteiger charge is 2.18. The number of nitrogens with two attached hydrogens (primary N) is 1. The third-order valence-corrected chi connectivity index (χ3v) is 5.59. The standard InChI is InChI=1S/C12H18N2O4S2/c13-19(15,16)8-2-7-14-20(17,18)12-6-5-10-3-1-4-11(10)9-12/h5-6,9,14H,1-4,7-8H2,(H2,13,15,16). The van der Waals surface area contributed by atoms with Crippen molar-refractivity contribution in [2.75, 3.05) is 12.3 Å². The van der Waals surface area contributed by atoms with Crippen molar-refractivity contribution < 1.29 is 16.8 Å². The van der Waals surface area contributed by atoms with Crippen LogP contribution in [0.25, 0.3) is 0 Å². The quantitative estimate of drug-likeness (QED) is 0.727. The zero-order valence-corrected chi connectivity index (χ0v) is 12.6. The predicted octanol–water partition coefficient (Wildman–Crippen LogP) is 0.132. The first-order valence-corrected chi connectivity index (χ1v) is 9.60. The number of hydrogen-bond donors (Lipinski definition) is 2. The van der Waals surface area contributed by atoms with E-state index in [1.54, 1.807) is 12.1 Å². The lowest BCUT2D eigenvalue weighted by Crippen LogP contribution is -2.27. The molecule has 0 aliphatic heterocycles. The molecule has 0 heterocycles. The fourth-order valence-corrected chi connectivity index (χ4v) is 3.95. The van der Waals surface area contributed by atoms with Gasteiger partial charge in [-0.3, -0.25) is 0 Å². The second-order valence-corrected chi connectivity index (χ2v) is 8.40. The molecule has 6 nitrogen and oxygen atoms in total. The molecule has 112 valence electrons. The molecule has 2 rings (SSSR count). The van der Waals surface area contributed by atoms with Crippen molar-refractivity contribution in [1.82, 2.24) is 4.72 Å². The Balaban J connectivity index is 2.00. The topological polar surface area (TPSA) is 106 Å². The fraction of sp³-hybridized carbons (Fsp3) is 0.500. The van der Waals surface area contributed by atoms with Gasteiger partial charge >= 0.3 is 0 Å². The van der Waals surface area contributed by atoms with E-state index in [0.29, 0.717) is 0 Å². The average molecular weight is 318 g/mol. The first kappa shape index (κ1) is 15.4. The van der Waals surface area contributed by atoms with Gasteiger partial charge in [0.15, 0.2) is 0 Å². The maximum atomic E-state index is 12.1.